The van der Waals surface area contributed by atoms with Crippen LogP contribution in [-0.4, -0.2) is 41.9 Å². The maximum atomic E-state index is 9.40. The molecule has 0 aliphatic carbocycles. The first-order valence-electron chi connectivity index (χ1n) is 53.6. The van der Waals surface area contributed by atoms with Crippen LogP contribution in [0.5, 0.6) is 23.0 Å². The van der Waals surface area contributed by atoms with Gasteiger partial charge in [-0.1, -0.05) is 305 Å². The molecule has 0 amide bonds. The second kappa shape index (κ2) is 36.9. The minimum atomic E-state index is -2.67. The number of pyridine rings is 2. The van der Waals surface area contributed by atoms with E-state index < -0.39 is 14.0 Å². The largest absolute Gasteiger partial charge is 0.510 e. The monoisotopic (exact) mass is 2310 g/mol. The van der Waals surface area contributed by atoms with E-state index in [1.54, 1.807) is 4.57 Å². The van der Waals surface area contributed by atoms with Crippen LogP contribution in [0.1, 0.15) is 166 Å². The number of hydrogen-bond donors (Lipinski definition) is 0. The van der Waals surface area contributed by atoms with Crippen molar-refractivity contribution in [1.82, 2.24) is 41.9 Å². The summed E-state index contributed by atoms with van der Waals surface area (Å²) in [5.74, 6) is 3.47. The third kappa shape index (κ3) is 17.1. The average molecular weight is 2310 g/mol. The Labute approximate surface area is 907 Å². The molecule has 0 unspecified atom stereocenters. The van der Waals surface area contributed by atoms with Crippen LogP contribution in [0.3, 0.4) is 0 Å². The van der Waals surface area contributed by atoms with Crippen molar-refractivity contribution in [2.75, 3.05) is 0 Å². The van der Waals surface area contributed by atoms with Gasteiger partial charge in [0, 0.05) is 138 Å². The smallest absolute Gasteiger partial charge is 0.242 e. The van der Waals surface area contributed by atoms with Gasteiger partial charge < -0.3 is 50.6 Å². The number of fused-ring (bicyclic) bond motifs is 17. The molecule has 0 atom stereocenters. The normalized spacial score (nSPS) is 13.2. The van der Waals surface area contributed by atoms with Gasteiger partial charge in [-0.3, -0.25) is 0 Å². The van der Waals surface area contributed by atoms with Gasteiger partial charge in [0.15, 0.2) is 0 Å². The minimum Gasteiger partial charge on any atom is -0.510 e. The fraction of sp³-hybridized carbons (Fsp3) is 0.194. The maximum Gasteiger partial charge on any atom is 0.242 e. The molecule has 149 heavy (non-hydrogen) atoms. The molecule has 9 aromatic heterocycles. The van der Waals surface area contributed by atoms with E-state index in [9.17, 15) is 4.11 Å². The fourth-order valence-electron chi connectivity index (χ4n) is 21.6. The van der Waals surface area contributed by atoms with Crippen molar-refractivity contribution >= 4 is 131 Å². The Bertz CT molecular complexity index is 9630. The van der Waals surface area contributed by atoms with Gasteiger partial charge in [-0.05, 0) is 203 Å². The van der Waals surface area contributed by atoms with Crippen molar-refractivity contribution in [3.8, 4) is 85.3 Å². The molecule has 15 heteroatoms. The van der Waals surface area contributed by atoms with E-state index >= 15 is 0 Å². The minimum absolute atomic E-state index is 0. The summed E-state index contributed by atoms with van der Waals surface area (Å²) in [5, 5.41) is 11.0. The molecule has 0 fully saturated rings. The quantitative estimate of drug-likeness (QED) is 0.0850. The van der Waals surface area contributed by atoms with E-state index in [1.807, 2.05) is 144 Å². The van der Waals surface area contributed by atoms with Crippen molar-refractivity contribution < 1.29 is 69.0 Å². The summed E-state index contributed by atoms with van der Waals surface area (Å²) in [7, 11) is 0. The van der Waals surface area contributed by atoms with E-state index in [4.69, 9.17) is 23.6 Å². The van der Waals surface area contributed by atoms with Crippen molar-refractivity contribution in [1.29, 1.82) is 0 Å². The summed E-state index contributed by atoms with van der Waals surface area (Å²) in [6.07, 6.45) is 10.3. The van der Waals surface area contributed by atoms with E-state index in [2.05, 4.69) is 391 Å². The SMILES string of the molecule is [2H]C([2H])([2H])[n+]1[c-]n(-c2[c-]c(Oc3[c-]c4c(cc3)c3ccccc3n4-c3cc(C(C)(C)C)ccn3)ccc2)c2cccc(-c3c(-n4c5ccc(C(C)(C)C)cc5c5cc(C(C)(C)C)ccc54)cccc3-n3c4ccc(C(C)(C)C)cc4c4cc(C(C)(C)C)ccc43)c21.[2H]C([2H])([2H])[n+]1[c-]n(-c2[c-]c(Oc3[c-]c4c(cc3)c3ccccc3n4-c3cc(C(C)(C)C)ccn3)ccc2)c2cccc(-c3cccc4c5ccccc5n(-c5ccccc5)c34)c21.[Pt].[Pt]. The third-order valence-electron chi connectivity index (χ3n) is 29.3. The standard InChI is InChI=1S/C81H78N6O.C53H39N5O.2Pt/c1-77(2,3)50-30-36-66-61(42-50)62-43-51(78(4,5)6)31-37-67(62)85(66)70-27-21-28-71(86-68-38-32-52(79(7,8)9)44-63(68)64-45-53(80(10,11)12)33-39-69(64)86)75(70)60-25-20-29-72-76(60)83(16)49-84(72)55-22-19-23-56(47-55)88-57-34-35-59-58-24-17-18-26-65(58)87(73(59)48-57)74-46-54(40-41-82-74)81(13,14)15;1-53(2,3)35-29-30-54-50(31-35)58-47-25-11-8-19-40(47)42-28-27-39(33-49(42)58)59-38-18-12-17-37(32-38)56-34-55(4)52-45(23-14-26-48(52)56)44-22-13-21-43-41-20-9-10-24-46(41)57(51(43)44)36-15-6-5-7-16-36;;/h17-46H,1-16H3;5-31H,1-4H3;;/q2*-2;;/i16D3;4D3;;. The number of aromatic nitrogens is 11. The summed E-state index contributed by atoms with van der Waals surface area (Å²) >= 11 is 0. The number of ether oxygens (including phenoxy) is 2. The Balaban J connectivity index is 0.000000184. The number of imidazole rings is 2. The molecule has 16 aromatic carbocycles. The van der Waals surface area contributed by atoms with Gasteiger partial charge >= 0.3 is 0 Å². The van der Waals surface area contributed by atoms with E-state index in [1.165, 1.54) is 42.5 Å². The van der Waals surface area contributed by atoms with Gasteiger partial charge in [0.1, 0.15) is 11.6 Å². The first kappa shape index (κ1) is 91.2. The maximum absolute atomic E-state index is 9.40. The Morgan fingerprint density at radius 1 is 0.262 bits per heavy atom. The number of hydrogen-bond acceptors (Lipinski definition) is 4. The Kier molecular flexibility index (Phi) is 22.6. The summed E-state index contributed by atoms with van der Waals surface area (Å²) in [6, 6.07) is 130. The van der Waals surface area contributed by atoms with Crippen LogP contribution in [-0.2, 0) is 88.6 Å². The molecule has 13 nitrogen and oxygen atoms in total. The van der Waals surface area contributed by atoms with E-state index in [-0.39, 0.29) is 74.6 Å². The van der Waals surface area contributed by atoms with Crippen molar-refractivity contribution in [3.05, 3.63) is 416 Å². The molecule has 0 aliphatic rings. The number of rotatable bonds is 13. The molecule has 744 valence electrons. The Morgan fingerprint density at radius 3 is 1.01 bits per heavy atom. The van der Waals surface area contributed by atoms with Gasteiger partial charge in [-0.25, -0.2) is 9.97 Å². The zero-order valence-electron chi connectivity index (χ0n) is 92.8. The van der Waals surface area contributed by atoms with Gasteiger partial charge in [-0.2, -0.15) is 36.4 Å². The molecule has 0 spiro atoms. The molecular formula is C134H117N11O2Pt2-4. The third-order valence-corrected chi connectivity index (χ3v) is 29.3. The Morgan fingerprint density at radius 2 is 0.591 bits per heavy atom. The van der Waals surface area contributed by atoms with E-state index in [0.29, 0.717) is 56.4 Å². The summed E-state index contributed by atoms with van der Waals surface area (Å²) in [5.41, 5.74) is 26.3. The van der Waals surface area contributed by atoms with Crippen LogP contribution in [0.4, 0.5) is 0 Å². The molecule has 25 aromatic rings. The molecule has 0 aliphatic heterocycles. The van der Waals surface area contributed by atoms with Gasteiger partial charge in [0.2, 0.25) is 12.7 Å². The second-order valence-corrected chi connectivity index (χ2v) is 45.2. The van der Waals surface area contributed by atoms with Crippen LogP contribution in [0.15, 0.2) is 346 Å². The van der Waals surface area contributed by atoms with Crippen molar-refractivity contribution in [2.24, 2.45) is 14.0 Å². The van der Waals surface area contributed by atoms with Crippen molar-refractivity contribution in [3.63, 3.8) is 0 Å². The van der Waals surface area contributed by atoms with Gasteiger partial charge in [0.05, 0.1) is 88.7 Å². The summed E-state index contributed by atoms with van der Waals surface area (Å²) in [4.78, 5) is 9.71. The molecule has 0 saturated heterocycles. The molecule has 0 bridgehead atoms. The van der Waals surface area contributed by atoms with Crippen LogP contribution in [0, 0.1) is 36.9 Å². The molecule has 9 heterocycles. The van der Waals surface area contributed by atoms with Crippen LogP contribution < -0.4 is 18.6 Å². The number of aryl methyl sites for hydroxylation is 2. The summed E-state index contributed by atoms with van der Waals surface area (Å²) < 4.78 is 85.3. The predicted molar refractivity (Wildman–Crippen MR) is 605 cm³/mol. The van der Waals surface area contributed by atoms with E-state index in [0.717, 1.165) is 160 Å². The van der Waals surface area contributed by atoms with Gasteiger partial charge in [-0.15, -0.1) is 59.3 Å². The molecule has 0 N–H and O–H groups in total. The molecule has 0 saturated carbocycles. The second-order valence-electron chi connectivity index (χ2n) is 45.2. The fourth-order valence-corrected chi connectivity index (χ4v) is 21.6. The first-order valence-corrected chi connectivity index (χ1v) is 50.6. The zero-order valence-corrected chi connectivity index (χ0v) is 91.3. The first-order chi connectivity index (χ1) is 72.9. The average Bonchev–Trinajstić information content (AvgIpc) is 1.55. The zero-order chi connectivity index (χ0) is 107. The van der Waals surface area contributed by atoms with Crippen LogP contribution in [0.2, 0.25) is 0 Å². The van der Waals surface area contributed by atoms with Crippen LogP contribution in [0.25, 0.3) is 193 Å². The number of benzene rings is 16. The number of nitrogens with zero attached hydrogens (tertiary/aromatic N) is 11. The predicted octanol–water partition coefficient (Wildman–Crippen LogP) is 32.7. The molecule has 0 radical (unpaired) electrons. The topological polar surface area (TPSA) is 86.5 Å². The number of para-hydroxylation sites is 7. The molecule has 25 rings (SSSR count). The summed E-state index contributed by atoms with van der Waals surface area (Å²) in [6.45, 7) is 35.2. The Hall–Kier alpha value is -15.3. The van der Waals surface area contributed by atoms with Gasteiger partial charge in [0.25, 0.3) is 0 Å². The molecular weight excluding hydrogens is 2190 g/mol. The van der Waals surface area contributed by atoms with Crippen molar-refractivity contribution in [2.45, 2.75) is 157 Å². The van der Waals surface area contributed by atoms with Crippen LogP contribution >= 0.6 is 0 Å².